The second kappa shape index (κ2) is 9.95. The number of rotatable bonds is 8. The van der Waals surface area contributed by atoms with Crippen molar-refractivity contribution in [3.05, 3.63) is 77.1 Å². The molecule has 0 aliphatic carbocycles. The third kappa shape index (κ3) is 4.80. The van der Waals surface area contributed by atoms with Gasteiger partial charge in [-0.15, -0.1) is 0 Å². The van der Waals surface area contributed by atoms with E-state index < -0.39 is 6.04 Å². The number of nitrogens with zero attached hydrogens (tertiary/aromatic N) is 3. The van der Waals surface area contributed by atoms with Crippen LogP contribution in [0, 0.1) is 5.82 Å². The van der Waals surface area contributed by atoms with Crippen LogP contribution in [0.15, 0.2) is 58.8 Å². The Morgan fingerprint density at radius 3 is 2.70 bits per heavy atom. The Balaban J connectivity index is 1.75. The van der Waals surface area contributed by atoms with Gasteiger partial charge in [0.05, 0.1) is 11.6 Å². The molecule has 4 rings (SSSR count). The molecule has 2 heterocycles. The van der Waals surface area contributed by atoms with Gasteiger partial charge in [0, 0.05) is 31.5 Å². The molecule has 1 aromatic heterocycles. The molecule has 7 nitrogen and oxygen atoms in total. The summed E-state index contributed by atoms with van der Waals surface area (Å²) in [6.07, 6.45) is 1.61. The average Bonchev–Trinajstić information content (AvgIpc) is 3.30. The number of methoxy groups -OCH3 is 1. The lowest BCUT2D eigenvalue weighted by Crippen LogP contribution is -2.46. The summed E-state index contributed by atoms with van der Waals surface area (Å²) in [4.78, 5) is 19.2. The van der Waals surface area contributed by atoms with Crippen LogP contribution in [0.25, 0.3) is 17.0 Å². The zero-order valence-corrected chi connectivity index (χ0v) is 19.0. The molecule has 1 aliphatic heterocycles. The molecule has 3 aromatic rings. The fraction of sp³-hybridized carbons (Fsp3) is 0.320. The first-order valence-electron chi connectivity index (χ1n) is 11.0. The molecule has 172 valence electrons. The van der Waals surface area contributed by atoms with Crippen molar-refractivity contribution >= 4 is 11.6 Å². The van der Waals surface area contributed by atoms with E-state index >= 15 is 0 Å². The zero-order chi connectivity index (χ0) is 23.4. The first kappa shape index (κ1) is 22.7. The van der Waals surface area contributed by atoms with Crippen molar-refractivity contribution in [2.24, 2.45) is 0 Å². The monoisotopic (exact) mass is 450 g/mol. The number of nitrogens with one attached hydrogen (secondary N) is 1. The number of benzene rings is 2. The van der Waals surface area contributed by atoms with Gasteiger partial charge in [0.15, 0.2) is 0 Å². The number of urea groups is 1. The highest BCUT2D eigenvalue weighted by Crippen LogP contribution is 2.37. The van der Waals surface area contributed by atoms with Gasteiger partial charge in [0.2, 0.25) is 5.82 Å². The third-order valence-electron chi connectivity index (χ3n) is 5.79. The maximum atomic E-state index is 14.0. The minimum Gasteiger partial charge on any atom is -0.385 e. The molecule has 1 N–H and O–H groups in total. The number of carbonyl (C=O) groups excluding carboxylic acids is 1. The predicted molar refractivity (Wildman–Crippen MR) is 123 cm³/mol. The molecule has 0 fully saturated rings. The van der Waals surface area contributed by atoms with Crippen LogP contribution in [0.1, 0.15) is 43.3 Å². The summed E-state index contributed by atoms with van der Waals surface area (Å²) in [5, 5.41) is 7.14. The Kier molecular flexibility index (Phi) is 6.84. The molecule has 0 saturated heterocycles. The fourth-order valence-electron chi connectivity index (χ4n) is 3.97. The molecule has 1 aliphatic rings. The van der Waals surface area contributed by atoms with Crippen LogP contribution in [0.5, 0.6) is 0 Å². The Morgan fingerprint density at radius 1 is 1.21 bits per heavy atom. The van der Waals surface area contributed by atoms with Gasteiger partial charge in [-0.25, -0.2) is 9.18 Å². The van der Waals surface area contributed by atoms with Gasteiger partial charge in [-0.05, 0) is 43.0 Å². The summed E-state index contributed by atoms with van der Waals surface area (Å²) >= 11 is 0. The van der Waals surface area contributed by atoms with Crippen LogP contribution in [0.3, 0.4) is 0 Å². The Hall–Kier alpha value is -3.52. The summed E-state index contributed by atoms with van der Waals surface area (Å²) in [7, 11) is 1.62. The summed E-state index contributed by atoms with van der Waals surface area (Å²) in [6, 6.07) is 13.2. The topological polar surface area (TPSA) is 80.5 Å². The van der Waals surface area contributed by atoms with Crippen molar-refractivity contribution in [1.29, 1.82) is 0 Å². The smallest absolute Gasteiger partial charge is 0.322 e. The molecule has 1 atom stereocenters. The van der Waals surface area contributed by atoms with Crippen LogP contribution in [0.2, 0.25) is 0 Å². The lowest BCUT2D eigenvalue weighted by atomic mass is 9.94. The molecule has 2 amide bonds. The van der Waals surface area contributed by atoms with Crippen LogP contribution < -0.4 is 5.32 Å². The van der Waals surface area contributed by atoms with Gasteiger partial charge >= 0.3 is 6.03 Å². The Labute approximate surface area is 192 Å². The van der Waals surface area contributed by atoms with Gasteiger partial charge < -0.3 is 14.6 Å². The number of halogens is 1. The first-order valence-corrected chi connectivity index (χ1v) is 11.0. The molecule has 1 unspecified atom stereocenters. The van der Waals surface area contributed by atoms with Gasteiger partial charge in [-0.1, -0.05) is 48.5 Å². The van der Waals surface area contributed by atoms with Crippen molar-refractivity contribution in [3.63, 3.8) is 0 Å². The second-order valence-corrected chi connectivity index (χ2v) is 7.91. The van der Waals surface area contributed by atoms with Crippen molar-refractivity contribution in [2.45, 2.75) is 32.7 Å². The SMILES string of the molecule is CCc1ccc(-c2noc(C3=C(C)N(CCCOC)C(=O)NC3c3cccc(F)c3)n2)cc1. The number of hydrogen-bond acceptors (Lipinski definition) is 5. The van der Waals surface area contributed by atoms with E-state index in [1.54, 1.807) is 24.1 Å². The average molecular weight is 451 g/mol. The lowest BCUT2D eigenvalue weighted by molar-refractivity contribution is 0.174. The normalized spacial score (nSPS) is 16.3. The van der Waals surface area contributed by atoms with Crippen molar-refractivity contribution in [3.8, 4) is 11.4 Å². The van der Waals surface area contributed by atoms with Gasteiger partial charge in [-0.3, -0.25) is 4.90 Å². The number of ether oxygens (including phenoxy) is 1. The summed E-state index contributed by atoms with van der Waals surface area (Å²) in [5.74, 6) is 0.352. The van der Waals surface area contributed by atoms with Crippen molar-refractivity contribution < 1.29 is 18.4 Å². The lowest BCUT2D eigenvalue weighted by Gasteiger charge is -2.35. The number of aromatic nitrogens is 2. The largest absolute Gasteiger partial charge is 0.385 e. The molecule has 8 heteroatoms. The molecule has 0 radical (unpaired) electrons. The van der Waals surface area contributed by atoms with E-state index in [2.05, 4.69) is 22.4 Å². The predicted octanol–water partition coefficient (Wildman–Crippen LogP) is 4.97. The second-order valence-electron chi connectivity index (χ2n) is 7.91. The van der Waals surface area contributed by atoms with Gasteiger partial charge in [0.1, 0.15) is 5.82 Å². The minimum atomic E-state index is -0.623. The van der Waals surface area contributed by atoms with E-state index in [4.69, 9.17) is 9.26 Å². The number of allylic oxidation sites excluding steroid dienone is 1. The van der Waals surface area contributed by atoms with E-state index in [0.29, 0.717) is 42.2 Å². The molecular formula is C25H27FN4O3. The van der Waals surface area contributed by atoms with E-state index in [0.717, 1.165) is 12.0 Å². The fourth-order valence-corrected chi connectivity index (χ4v) is 3.97. The minimum absolute atomic E-state index is 0.267. The van der Waals surface area contributed by atoms with Crippen molar-refractivity contribution in [2.75, 3.05) is 20.3 Å². The van der Waals surface area contributed by atoms with E-state index in [1.807, 2.05) is 31.2 Å². The molecule has 0 spiro atoms. The first-order chi connectivity index (χ1) is 16.0. The van der Waals surface area contributed by atoms with Gasteiger partial charge in [0.25, 0.3) is 5.89 Å². The van der Waals surface area contributed by atoms with Crippen LogP contribution >= 0.6 is 0 Å². The number of amides is 2. The maximum absolute atomic E-state index is 14.0. The molecular weight excluding hydrogens is 423 g/mol. The third-order valence-corrected chi connectivity index (χ3v) is 5.79. The van der Waals surface area contributed by atoms with E-state index in [9.17, 15) is 9.18 Å². The van der Waals surface area contributed by atoms with E-state index in [1.165, 1.54) is 17.7 Å². The van der Waals surface area contributed by atoms with Crippen LogP contribution in [-0.4, -0.2) is 41.3 Å². The highest BCUT2D eigenvalue weighted by Gasteiger charge is 2.35. The number of carbonyl (C=O) groups is 1. The quantitative estimate of drug-likeness (QED) is 0.490. The number of hydrogen-bond donors (Lipinski definition) is 1. The molecule has 33 heavy (non-hydrogen) atoms. The standard InChI is InChI=1S/C25H27FN4O3/c1-4-17-9-11-18(12-10-17)23-28-24(33-29-23)21-16(2)30(13-6-14-32-3)25(31)27-22(21)19-7-5-8-20(26)15-19/h5,7-12,15,22H,4,6,13-14H2,1-3H3,(H,27,31). The van der Waals surface area contributed by atoms with Crippen molar-refractivity contribution in [1.82, 2.24) is 20.4 Å². The molecule has 2 aromatic carbocycles. The van der Waals surface area contributed by atoms with Crippen LogP contribution in [0.4, 0.5) is 9.18 Å². The Bertz CT molecular complexity index is 1160. The summed E-state index contributed by atoms with van der Waals surface area (Å²) in [6.45, 7) is 4.93. The highest BCUT2D eigenvalue weighted by molar-refractivity contribution is 5.86. The number of aryl methyl sites for hydroxylation is 1. The van der Waals surface area contributed by atoms with Gasteiger partial charge in [-0.2, -0.15) is 4.98 Å². The molecule has 0 bridgehead atoms. The zero-order valence-electron chi connectivity index (χ0n) is 19.0. The van der Waals surface area contributed by atoms with Crippen LogP contribution in [-0.2, 0) is 11.2 Å². The summed E-state index contributed by atoms with van der Waals surface area (Å²) < 4.78 is 24.8. The maximum Gasteiger partial charge on any atom is 0.322 e. The van der Waals surface area contributed by atoms with E-state index in [-0.39, 0.29) is 17.7 Å². The summed E-state index contributed by atoms with van der Waals surface area (Å²) in [5.41, 5.74) is 3.97. The highest BCUT2D eigenvalue weighted by atomic mass is 19.1. The molecule has 0 saturated carbocycles. The Morgan fingerprint density at radius 2 is 2.00 bits per heavy atom.